The van der Waals surface area contributed by atoms with Gasteiger partial charge in [0.25, 0.3) is 5.69 Å². The zero-order valence-electron chi connectivity index (χ0n) is 13.2. The van der Waals surface area contributed by atoms with Crippen LogP contribution in [0.4, 0.5) is 5.69 Å². The van der Waals surface area contributed by atoms with Gasteiger partial charge in [0.05, 0.1) is 11.3 Å². The molecule has 0 fully saturated rings. The molecule has 0 aliphatic rings. The number of nitrogens with one attached hydrogen (secondary N) is 1. The molecule has 0 unspecified atom stereocenters. The first-order chi connectivity index (χ1) is 11.6. The van der Waals surface area contributed by atoms with E-state index in [0.29, 0.717) is 5.56 Å². The molecule has 0 bridgehead atoms. The summed E-state index contributed by atoms with van der Waals surface area (Å²) < 4.78 is 1.99. The molecule has 1 N–H and O–H groups in total. The Kier molecular flexibility index (Phi) is 4.29. The number of nitrogens with zero attached hydrogens (tertiary/aromatic N) is 2. The summed E-state index contributed by atoms with van der Waals surface area (Å²) >= 11 is 0. The first-order valence-electron chi connectivity index (χ1n) is 7.58. The van der Waals surface area contributed by atoms with Crippen molar-refractivity contribution < 1.29 is 9.72 Å². The van der Waals surface area contributed by atoms with E-state index < -0.39 is 4.92 Å². The number of benzene rings is 2. The van der Waals surface area contributed by atoms with Crippen LogP contribution in [-0.4, -0.2) is 15.4 Å². The van der Waals surface area contributed by atoms with Gasteiger partial charge in [0.15, 0.2) is 0 Å². The van der Waals surface area contributed by atoms with Crippen molar-refractivity contribution in [3.05, 3.63) is 76.0 Å². The third-order valence-corrected chi connectivity index (χ3v) is 3.99. The average Bonchev–Trinajstić information content (AvgIpc) is 2.89. The molecule has 6 nitrogen and oxygen atoms in total. The van der Waals surface area contributed by atoms with E-state index in [-0.39, 0.29) is 24.6 Å². The molecule has 0 saturated carbocycles. The highest BCUT2D eigenvalue weighted by atomic mass is 16.6. The normalized spacial score (nSPS) is 10.7. The minimum atomic E-state index is -0.438. The van der Waals surface area contributed by atoms with E-state index in [9.17, 15) is 14.9 Å². The SMILES string of the molecule is Cn1cc(CC(=O)NCc2ccccc2[N+](=O)[O-])c2ccccc21. The number of nitro groups is 1. The summed E-state index contributed by atoms with van der Waals surface area (Å²) in [5, 5.41) is 14.8. The molecule has 0 saturated heterocycles. The molecular formula is C18H17N3O3. The molecule has 24 heavy (non-hydrogen) atoms. The van der Waals surface area contributed by atoms with Crippen molar-refractivity contribution in [1.82, 2.24) is 9.88 Å². The van der Waals surface area contributed by atoms with Gasteiger partial charge in [-0.2, -0.15) is 0 Å². The van der Waals surface area contributed by atoms with Crippen molar-refractivity contribution in [3.8, 4) is 0 Å². The van der Waals surface area contributed by atoms with Gasteiger partial charge in [0.2, 0.25) is 5.91 Å². The van der Waals surface area contributed by atoms with Gasteiger partial charge in [-0.3, -0.25) is 14.9 Å². The smallest absolute Gasteiger partial charge is 0.274 e. The summed E-state index contributed by atoms with van der Waals surface area (Å²) in [6.07, 6.45) is 2.18. The number of hydrogen-bond acceptors (Lipinski definition) is 3. The van der Waals surface area contributed by atoms with Crippen molar-refractivity contribution in [3.63, 3.8) is 0 Å². The number of amides is 1. The largest absolute Gasteiger partial charge is 0.351 e. The fourth-order valence-electron chi connectivity index (χ4n) is 2.83. The van der Waals surface area contributed by atoms with Crippen LogP contribution in [0.25, 0.3) is 10.9 Å². The first kappa shape index (κ1) is 15.7. The predicted octanol–water partition coefficient (Wildman–Crippen LogP) is 2.95. The van der Waals surface area contributed by atoms with Crippen LogP contribution in [-0.2, 0) is 24.8 Å². The second-order valence-corrected chi connectivity index (χ2v) is 5.62. The van der Waals surface area contributed by atoms with E-state index >= 15 is 0 Å². The van der Waals surface area contributed by atoms with Crippen LogP contribution in [0, 0.1) is 10.1 Å². The molecule has 0 radical (unpaired) electrons. The number of carbonyl (C=O) groups excluding carboxylic acids is 1. The highest BCUT2D eigenvalue weighted by Crippen LogP contribution is 2.21. The Hall–Kier alpha value is -3.15. The Labute approximate surface area is 138 Å². The Morgan fingerprint density at radius 1 is 1.12 bits per heavy atom. The summed E-state index contributed by atoms with van der Waals surface area (Å²) in [5.74, 6) is -0.162. The molecule has 3 rings (SSSR count). The Balaban J connectivity index is 1.71. The fourth-order valence-corrected chi connectivity index (χ4v) is 2.83. The Morgan fingerprint density at radius 3 is 2.62 bits per heavy atom. The molecule has 2 aromatic carbocycles. The van der Waals surface area contributed by atoms with Crippen molar-refractivity contribution in [2.75, 3.05) is 0 Å². The standard InChI is InChI=1S/C18H17N3O3/c1-20-12-14(15-7-3-5-9-17(15)20)10-18(22)19-11-13-6-2-4-8-16(13)21(23)24/h2-9,12H,10-11H2,1H3,(H,19,22). The van der Waals surface area contributed by atoms with E-state index in [1.165, 1.54) is 6.07 Å². The van der Waals surface area contributed by atoms with Gasteiger partial charge in [-0.25, -0.2) is 0 Å². The van der Waals surface area contributed by atoms with E-state index in [1.54, 1.807) is 18.2 Å². The number of hydrogen-bond donors (Lipinski definition) is 1. The molecule has 3 aromatic rings. The van der Waals surface area contributed by atoms with Crippen LogP contribution in [0.3, 0.4) is 0 Å². The average molecular weight is 323 g/mol. The minimum absolute atomic E-state index is 0.0166. The van der Waals surface area contributed by atoms with E-state index in [4.69, 9.17) is 0 Å². The maximum absolute atomic E-state index is 12.2. The topological polar surface area (TPSA) is 77.2 Å². The highest BCUT2D eigenvalue weighted by molar-refractivity contribution is 5.89. The molecule has 1 aromatic heterocycles. The predicted molar refractivity (Wildman–Crippen MR) is 91.6 cm³/mol. The van der Waals surface area contributed by atoms with Gasteiger partial charge >= 0.3 is 0 Å². The van der Waals surface area contributed by atoms with Gasteiger partial charge in [0, 0.05) is 42.3 Å². The van der Waals surface area contributed by atoms with Gasteiger partial charge in [-0.05, 0) is 11.6 Å². The molecule has 0 atom stereocenters. The van der Waals surface area contributed by atoms with Crippen LogP contribution in [0.5, 0.6) is 0 Å². The number of para-hydroxylation sites is 2. The van der Waals surface area contributed by atoms with Crippen LogP contribution >= 0.6 is 0 Å². The number of rotatable bonds is 5. The fraction of sp³-hybridized carbons (Fsp3) is 0.167. The third kappa shape index (κ3) is 3.12. The van der Waals surface area contributed by atoms with Gasteiger partial charge in [0.1, 0.15) is 0 Å². The zero-order valence-corrected chi connectivity index (χ0v) is 13.2. The maximum Gasteiger partial charge on any atom is 0.274 e. The second kappa shape index (κ2) is 6.54. The molecule has 0 spiro atoms. The number of fused-ring (bicyclic) bond motifs is 1. The number of aromatic nitrogens is 1. The summed E-state index contributed by atoms with van der Waals surface area (Å²) in [6, 6.07) is 14.3. The summed E-state index contributed by atoms with van der Waals surface area (Å²) in [6.45, 7) is 0.140. The zero-order chi connectivity index (χ0) is 17.1. The Morgan fingerprint density at radius 2 is 1.83 bits per heavy atom. The van der Waals surface area contributed by atoms with Crippen LogP contribution < -0.4 is 5.32 Å². The molecule has 1 amide bonds. The highest BCUT2D eigenvalue weighted by Gasteiger charge is 2.14. The van der Waals surface area contributed by atoms with Crippen LogP contribution in [0.15, 0.2) is 54.7 Å². The molecular weight excluding hydrogens is 306 g/mol. The van der Waals surface area contributed by atoms with Crippen molar-refractivity contribution in [2.24, 2.45) is 7.05 Å². The van der Waals surface area contributed by atoms with E-state index in [1.807, 2.05) is 42.1 Å². The molecule has 122 valence electrons. The van der Waals surface area contributed by atoms with Crippen molar-refractivity contribution in [2.45, 2.75) is 13.0 Å². The molecule has 1 heterocycles. The van der Waals surface area contributed by atoms with Crippen LogP contribution in [0.2, 0.25) is 0 Å². The quantitative estimate of drug-likeness (QED) is 0.579. The van der Waals surface area contributed by atoms with Crippen LogP contribution in [0.1, 0.15) is 11.1 Å². The van der Waals surface area contributed by atoms with E-state index in [0.717, 1.165) is 16.5 Å². The number of aryl methyl sites for hydroxylation is 1. The minimum Gasteiger partial charge on any atom is -0.351 e. The van der Waals surface area contributed by atoms with Gasteiger partial charge < -0.3 is 9.88 Å². The molecule has 0 aliphatic carbocycles. The lowest BCUT2D eigenvalue weighted by molar-refractivity contribution is -0.385. The Bertz CT molecular complexity index is 915. The number of carbonyl (C=O) groups is 1. The lowest BCUT2D eigenvalue weighted by atomic mass is 10.1. The molecule has 6 heteroatoms. The van der Waals surface area contributed by atoms with E-state index in [2.05, 4.69) is 5.32 Å². The van der Waals surface area contributed by atoms with Gasteiger partial charge in [-0.1, -0.05) is 36.4 Å². The lowest BCUT2D eigenvalue weighted by Gasteiger charge is -2.05. The monoisotopic (exact) mass is 323 g/mol. The summed E-state index contributed by atoms with van der Waals surface area (Å²) in [4.78, 5) is 22.8. The second-order valence-electron chi connectivity index (χ2n) is 5.62. The summed E-state index contributed by atoms with van der Waals surface area (Å²) in [5.41, 5.74) is 2.52. The maximum atomic E-state index is 12.2. The lowest BCUT2D eigenvalue weighted by Crippen LogP contribution is -2.24. The van der Waals surface area contributed by atoms with Crippen molar-refractivity contribution >= 4 is 22.5 Å². The van der Waals surface area contributed by atoms with Crippen molar-refractivity contribution in [1.29, 1.82) is 0 Å². The van der Waals surface area contributed by atoms with Gasteiger partial charge in [-0.15, -0.1) is 0 Å². The molecule has 0 aliphatic heterocycles. The third-order valence-electron chi connectivity index (χ3n) is 3.99. The summed E-state index contributed by atoms with van der Waals surface area (Å²) in [7, 11) is 1.94. The number of nitro benzene ring substituents is 1. The first-order valence-corrected chi connectivity index (χ1v) is 7.58.